The zero-order valence-electron chi connectivity index (χ0n) is 11.1. The first kappa shape index (κ1) is 15.3. The molecule has 2 aromatic rings. The lowest BCUT2D eigenvalue weighted by Gasteiger charge is -2.12. The Kier molecular flexibility index (Phi) is 4.49. The number of H-pyrrole nitrogens is 1. The van der Waals surface area contributed by atoms with Gasteiger partial charge in [-0.05, 0) is 25.1 Å². The summed E-state index contributed by atoms with van der Waals surface area (Å²) >= 11 is 5.86. The van der Waals surface area contributed by atoms with Gasteiger partial charge >= 0.3 is 0 Å². The van der Waals surface area contributed by atoms with Gasteiger partial charge in [0, 0.05) is 17.8 Å². The average Bonchev–Trinajstić information content (AvgIpc) is 2.95. The third kappa shape index (κ3) is 3.53. The number of nitrogens with zero attached hydrogens (tertiary/aromatic N) is 1. The highest BCUT2D eigenvalue weighted by molar-refractivity contribution is 7.92. The van der Waals surface area contributed by atoms with Crippen molar-refractivity contribution in [2.24, 2.45) is 0 Å². The minimum Gasteiger partial charge on any atom is -0.352 e. The quantitative estimate of drug-likeness (QED) is 0.775. The number of hydrogen-bond donors (Lipinski definition) is 3. The second kappa shape index (κ2) is 6.15. The van der Waals surface area contributed by atoms with E-state index in [1.165, 1.54) is 30.6 Å². The SMILES string of the molecule is CCNC(=O)c1cc(Cl)ccc1NS(=O)(=O)c1cn[nH]c1. The molecule has 0 fully saturated rings. The summed E-state index contributed by atoms with van der Waals surface area (Å²) in [6, 6.07) is 4.34. The van der Waals surface area contributed by atoms with Crippen LogP contribution >= 0.6 is 11.6 Å². The van der Waals surface area contributed by atoms with Crippen LogP contribution in [0.1, 0.15) is 17.3 Å². The van der Waals surface area contributed by atoms with Crippen molar-refractivity contribution in [3.8, 4) is 0 Å². The van der Waals surface area contributed by atoms with E-state index in [2.05, 4.69) is 20.2 Å². The van der Waals surface area contributed by atoms with E-state index in [1.54, 1.807) is 6.92 Å². The van der Waals surface area contributed by atoms with Crippen LogP contribution in [0, 0.1) is 0 Å². The highest BCUT2D eigenvalue weighted by atomic mass is 35.5. The highest BCUT2D eigenvalue weighted by Gasteiger charge is 2.19. The maximum Gasteiger partial charge on any atom is 0.265 e. The molecule has 1 aromatic carbocycles. The van der Waals surface area contributed by atoms with Crippen molar-refractivity contribution in [3.05, 3.63) is 41.2 Å². The summed E-state index contributed by atoms with van der Waals surface area (Å²) < 4.78 is 26.6. The number of anilines is 1. The molecule has 21 heavy (non-hydrogen) atoms. The molecule has 0 bridgehead atoms. The highest BCUT2D eigenvalue weighted by Crippen LogP contribution is 2.23. The van der Waals surface area contributed by atoms with Gasteiger partial charge in [0.1, 0.15) is 4.90 Å². The topological polar surface area (TPSA) is 104 Å². The summed E-state index contributed by atoms with van der Waals surface area (Å²) in [4.78, 5) is 11.9. The lowest BCUT2D eigenvalue weighted by molar-refractivity contribution is 0.0956. The van der Waals surface area contributed by atoms with Crippen LogP contribution in [0.15, 0.2) is 35.5 Å². The molecule has 0 aliphatic carbocycles. The number of aromatic amines is 1. The molecule has 1 aromatic heterocycles. The van der Waals surface area contributed by atoms with Crippen molar-refractivity contribution in [1.29, 1.82) is 0 Å². The lowest BCUT2D eigenvalue weighted by Crippen LogP contribution is -2.24. The summed E-state index contributed by atoms with van der Waals surface area (Å²) in [7, 11) is -3.82. The Hall–Kier alpha value is -2.06. The number of carbonyl (C=O) groups is 1. The van der Waals surface area contributed by atoms with Gasteiger partial charge in [-0.1, -0.05) is 11.6 Å². The van der Waals surface area contributed by atoms with Gasteiger partial charge in [-0.2, -0.15) is 5.10 Å². The fourth-order valence-corrected chi connectivity index (χ4v) is 2.80. The van der Waals surface area contributed by atoms with E-state index in [0.29, 0.717) is 11.6 Å². The zero-order valence-corrected chi connectivity index (χ0v) is 12.6. The number of halogens is 1. The zero-order chi connectivity index (χ0) is 15.5. The second-order valence-corrected chi connectivity index (χ2v) is 6.21. The number of amides is 1. The van der Waals surface area contributed by atoms with Crippen LogP contribution in [-0.4, -0.2) is 31.1 Å². The standard InChI is InChI=1S/C12H13ClN4O3S/c1-2-14-12(18)10-5-8(13)3-4-11(10)17-21(19,20)9-6-15-16-7-9/h3-7,17H,2H2,1H3,(H,14,18)(H,15,16). The predicted octanol–water partition coefficient (Wildman–Crippen LogP) is 1.61. The van der Waals surface area contributed by atoms with E-state index >= 15 is 0 Å². The molecule has 0 saturated carbocycles. The van der Waals surface area contributed by atoms with Gasteiger partial charge in [0.15, 0.2) is 0 Å². The van der Waals surface area contributed by atoms with Crippen LogP contribution < -0.4 is 10.0 Å². The fraction of sp³-hybridized carbons (Fsp3) is 0.167. The van der Waals surface area contributed by atoms with E-state index in [9.17, 15) is 13.2 Å². The normalized spacial score (nSPS) is 11.1. The molecular weight excluding hydrogens is 316 g/mol. The number of nitrogens with one attached hydrogen (secondary N) is 3. The van der Waals surface area contributed by atoms with Crippen LogP contribution in [0.4, 0.5) is 5.69 Å². The molecule has 2 rings (SSSR count). The third-order valence-corrected chi connectivity index (χ3v) is 4.16. The largest absolute Gasteiger partial charge is 0.352 e. The van der Waals surface area contributed by atoms with Crippen molar-refractivity contribution >= 4 is 33.2 Å². The molecule has 7 nitrogen and oxygen atoms in total. The molecular formula is C12H13ClN4O3S. The number of hydrogen-bond acceptors (Lipinski definition) is 4. The van der Waals surface area contributed by atoms with Crippen LogP contribution in [-0.2, 0) is 10.0 Å². The van der Waals surface area contributed by atoms with Crippen molar-refractivity contribution in [2.75, 3.05) is 11.3 Å². The van der Waals surface area contributed by atoms with Crippen LogP contribution in [0.5, 0.6) is 0 Å². The predicted molar refractivity (Wildman–Crippen MR) is 78.9 cm³/mol. The maximum atomic E-state index is 12.1. The van der Waals surface area contributed by atoms with Gasteiger partial charge < -0.3 is 5.32 Å². The lowest BCUT2D eigenvalue weighted by atomic mass is 10.1. The molecule has 0 aliphatic rings. The van der Waals surface area contributed by atoms with Gasteiger partial charge in [-0.3, -0.25) is 14.6 Å². The average molecular weight is 329 g/mol. The molecule has 0 atom stereocenters. The molecule has 0 aliphatic heterocycles. The van der Waals surface area contributed by atoms with E-state index in [0.717, 1.165) is 0 Å². The van der Waals surface area contributed by atoms with Crippen molar-refractivity contribution in [1.82, 2.24) is 15.5 Å². The van der Waals surface area contributed by atoms with Gasteiger partial charge in [0.2, 0.25) is 0 Å². The van der Waals surface area contributed by atoms with E-state index in [-0.39, 0.29) is 16.1 Å². The Labute approximate surface area is 126 Å². The molecule has 1 heterocycles. The smallest absolute Gasteiger partial charge is 0.265 e. The summed E-state index contributed by atoms with van der Waals surface area (Å²) in [5.41, 5.74) is 0.294. The Morgan fingerprint density at radius 3 is 2.81 bits per heavy atom. The molecule has 9 heteroatoms. The molecule has 0 radical (unpaired) electrons. The molecule has 0 spiro atoms. The molecule has 3 N–H and O–H groups in total. The third-order valence-electron chi connectivity index (χ3n) is 2.59. The molecule has 112 valence electrons. The number of rotatable bonds is 5. The number of aromatic nitrogens is 2. The second-order valence-electron chi connectivity index (χ2n) is 4.09. The van der Waals surface area contributed by atoms with Crippen molar-refractivity contribution in [3.63, 3.8) is 0 Å². The summed E-state index contributed by atoms with van der Waals surface area (Å²) in [5, 5.41) is 8.94. The first-order chi connectivity index (χ1) is 9.94. The van der Waals surface area contributed by atoms with Gasteiger partial charge in [-0.15, -0.1) is 0 Å². The minimum atomic E-state index is -3.82. The number of carbonyl (C=O) groups excluding carboxylic acids is 1. The van der Waals surface area contributed by atoms with Crippen LogP contribution in [0.25, 0.3) is 0 Å². The monoisotopic (exact) mass is 328 g/mol. The Morgan fingerprint density at radius 2 is 2.19 bits per heavy atom. The Balaban J connectivity index is 2.38. The first-order valence-corrected chi connectivity index (χ1v) is 7.89. The van der Waals surface area contributed by atoms with Crippen LogP contribution in [0.3, 0.4) is 0 Å². The van der Waals surface area contributed by atoms with E-state index in [4.69, 9.17) is 11.6 Å². The molecule has 0 unspecified atom stereocenters. The van der Waals surface area contributed by atoms with Crippen LogP contribution in [0.2, 0.25) is 5.02 Å². The number of benzene rings is 1. The van der Waals surface area contributed by atoms with Gasteiger partial charge in [-0.25, -0.2) is 8.42 Å². The van der Waals surface area contributed by atoms with Gasteiger partial charge in [0.25, 0.3) is 15.9 Å². The van der Waals surface area contributed by atoms with Crippen molar-refractivity contribution < 1.29 is 13.2 Å². The Morgan fingerprint density at radius 1 is 1.43 bits per heavy atom. The maximum absolute atomic E-state index is 12.1. The minimum absolute atomic E-state index is 0.0284. The van der Waals surface area contributed by atoms with Gasteiger partial charge in [0.05, 0.1) is 17.4 Å². The summed E-state index contributed by atoms with van der Waals surface area (Å²) in [6.45, 7) is 2.18. The summed E-state index contributed by atoms with van der Waals surface area (Å²) in [6.07, 6.45) is 2.41. The first-order valence-electron chi connectivity index (χ1n) is 6.03. The Bertz CT molecular complexity index is 744. The van der Waals surface area contributed by atoms with E-state index in [1.807, 2.05) is 0 Å². The number of sulfonamides is 1. The summed E-state index contributed by atoms with van der Waals surface area (Å²) in [5.74, 6) is -0.412. The fourth-order valence-electron chi connectivity index (χ4n) is 1.64. The molecule has 0 saturated heterocycles. The van der Waals surface area contributed by atoms with Crippen molar-refractivity contribution in [2.45, 2.75) is 11.8 Å². The van der Waals surface area contributed by atoms with E-state index < -0.39 is 15.9 Å². The molecule has 1 amide bonds.